The number of carbonyl (C=O) groups is 1. The number of aliphatic carboxylic acids is 1. The lowest BCUT2D eigenvalue weighted by molar-refractivity contribution is -0.143. The van der Waals surface area contributed by atoms with Gasteiger partial charge in [0.25, 0.3) is 0 Å². The first-order chi connectivity index (χ1) is 7.24. The molecule has 94 valence electrons. The van der Waals surface area contributed by atoms with Crippen LogP contribution in [0.15, 0.2) is 0 Å². The van der Waals surface area contributed by atoms with E-state index in [4.69, 9.17) is 5.11 Å². The number of hydrogen-bond donors (Lipinski definition) is 3. The molecule has 3 unspecified atom stereocenters. The average Bonchev–Trinajstić information content (AvgIpc) is 2.45. The normalized spacial score (nSPS) is 30.6. The van der Waals surface area contributed by atoms with Gasteiger partial charge in [-0.2, -0.15) is 0 Å². The maximum atomic E-state index is 11.0. The highest BCUT2D eigenvalue weighted by Gasteiger charge is 2.40. The number of β-amino-alcohol motifs (C(OH)–C–C–N with tert-alkyl or cyclic N) is 2. The van der Waals surface area contributed by atoms with E-state index in [1.54, 1.807) is 11.8 Å². The Bertz CT molecular complexity index is 265. The molecule has 0 aromatic carbocycles. The highest BCUT2D eigenvalue weighted by Crippen LogP contribution is 2.24. The van der Waals surface area contributed by atoms with Gasteiger partial charge in [-0.05, 0) is 12.8 Å². The molecule has 1 aliphatic rings. The molecule has 0 aromatic rings. The molecule has 0 aromatic heterocycles. The molecule has 16 heavy (non-hydrogen) atoms. The lowest BCUT2D eigenvalue weighted by atomic mass is 9.92. The Labute approximate surface area is 95.7 Å². The van der Waals surface area contributed by atoms with Gasteiger partial charge in [0.05, 0.1) is 11.7 Å². The molecule has 1 aliphatic heterocycles. The Kier molecular flexibility index (Phi) is 3.93. The number of aliphatic hydroxyl groups is 2. The molecule has 3 atom stereocenters. The molecule has 1 saturated heterocycles. The minimum Gasteiger partial charge on any atom is -0.480 e. The van der Waals surface area contributed by atoms with E-state index in [9.17, 15) is 15.0 Å². The van der Waals surface area contributed by atoms with Crippen molar-refractivity contribution in [3.8, 4) is 0 Å². The van der Waals surface area contributed by atoms with Crippen LogP contribution >= 0.6 is 0 Å². The van der Waals surface area contributed by atoms with E-state index in [1.165, 1.54) is 0 Å². The van der Waals surface area contributed by atoms with Crippen LogP contribution < -0.4 is 0 Å². The van der Waals surface area contributed by atoms with Crippen molar-refractivity contribution < 1.29 is 20.1 Å². The van der Waals surface area contributed by atoms with Crippen LogP contribution in [-0.2, 0) is 4.79 Å². The summed E-state index contributed by atoms with van der Waals surface area (Å²) >= 11 is 0. The first-order valence-electron chi connectivity index (χ1n) is 5.61. The predicted octanol–water partition coefficient (Wildman–Crippen LogP) is -0.0868. The lowest BCUT2D eigenvalue weighted by Gasteiger charge is -2.34. The zero-order valence-electron chi connectivity index (χ0n) is 10.1. The third-order valence-electron chi connectivity index (χ3n) is 3.43. The number of aliphatic hydroxyl groups excluding tert-OH is 1. The number of carboxylic acid groups (broad SMARTS) is 1. The van der Waals surface area contributed by atoms with E-state index in [1.807, 2.05) is 13.8 Å². The van der Waals surface area contributed by atoms with E-state index in [2.05, 4.69) is 0 Å². The molecule has 3 N–H and O–H groups in total. The van der Waals surface area contributed by atoms with Gasteiger partial charge in [-0.3, -0.25) is 9.69 Å². The van der Waals surface area contributed by atoms with E-state index < -0.39 is 23.7 Å². The van der Waals surface area contributed by atoms with E-state index in [0.717, 1.165) is 0 Å². The molecule has 0 bridgehead atoms. The maximum absolute atomic E-state index is 11.0. The Morgan fingerprint density at radius 2 is 2.12 bits per heavy atom. The second-order valence-corrected chi connectivity index (χ2v) is 5.18. The fourth-order valence-electron chi connectivity index (χ4n) is 1.90. The lowest BCUT2D eigenvalue weighted by Crippen LogP contribution is -2.48. The summed E-state index contributed by atoms with van der Waals surface area (Å²) in [5, 5.41) is 28.6. The van der Waals surface area contributed by atoms with Gasteiger partial charge in [0, 0.05) is 19.5 Å². The Morgan fingerprint density at radius 1 is 1.56 bits per heavy atom. The molecule has 0 aliphatic carbocycles. The second-order valence-electron chi connectivity index (χ2n) is 5.18. The average molecular weight is 231 g/mol. The van der Waals surface area contributed by atoms with Crippen molar-refractivity contribution in [3.05, 3.63) is 0 Å². The molecule has 5 heteroatoms. The van der Waals surface area contributed by atoms with Crippen molar-refractivity contribution in [3.63, 3.8) is 0 Å². The maximum Gasteiger partial charge on any atom is 0.321 e. The van der Waals surface area contributed by atoms with Gasteiger partial charge in [0.1, 0.15) is 6.04 Å². The molecule has 0 saturated carbocycles. The molecular weight excluding hydrogens is 210 g/mol. The minimum absolute atomic E-state index is 0.0414. The summed E-state index contributed by atoms with van der Waals surface area (Å²) in [6.45, 7) is 6.07. The predicted molar refractivity (Wildman–Crippen MR) is 59.1 cm³/mol. The third-order valence-corrected chi connectivity index (χ3v) is 3.43. The van der Waals surface area contributed by atoms with Gasteiger partial charge >= 0.3 is 5.97 Å². The zero-order chi connectivity index (χ0) is 12.5. The number of rotatable bonds is 4. The van der Waals surface area contributed by atoms with Crippen LogP contribution in [0.3, 0.4) is 0 Å². The van der Waals surface area contributed by atoms with Gasteiger partial charge < -0.3 is 15.3 Å². The first-order valence-corrected chi connectivity index (χ1v) is 5.61. The Morgan fingerprint density at radius 3 is 2.56 bits per heavy atom. The van der Waals surface area contributed by atoms with E-state index >= 15 is 0 Å². The van der Waals surface area contributed by atoms with Gasteiger partial charge in [-0.1, -0.05) is 13.8 Å². The van der Waals surface area contributed by atoms with Crippen LogP contribution in [0.25, 0.3) is 0 Å². The molecule has 1 rings (SSSR count). The van der Waals surface area contributed by atoms with E-state index in [0.29, 0.717) is 6.54 Å². The topological polar surface area (TPSA) is 81.0 Å². The van der Waals surface area contributed by atoms with Crippen LogP contribution in [0.5, 0.6) is 0 Å². The fraction of sp³-hybridized carbons (Fsp3) is 0.909. The van der Waals surface area contributed by atoms with Crippen LogP contribution in [0.2, 0.25) is 0 Å². The molecule has 0 spiro atoms. The largest absolute Gasteiger partial charge is 0.480 e. The summed E-state index contributed by atoms with van der Waals surface area (Å²) in [6, 6.07) is -0.680. The fourth-order valence-corrected chi connectivity index (χ4v) is 1.90. The Balaban J connectivity index is 2.69. The van der Waals surface area contributed by atoms with Crippen LogP contribution in [0.1, 0.15) is 27.2 Å². The quantitative estimate of drug-likeness (QED) is 0.630. The summed E-state index contributed by atoms with van der Waals surface area (Å²) in [5.41, 5.74) is -0.933. The first kappa shape index (κ1) is 13.4. The number of carboxylic acids is 1. The summed E-state index contributed by atoms with van der Waals surface area (Å²) in [5.74, 6) is -0.893. The summed E-state index contributed by atoms with van der Waals surface area (Å²) in [4.78, 5) is 12.6. The molecular formula is C11H21NO4. The summed E-state index contributed by atoms with van der Waals surface area (Å²) < 4.78 is 0. The van der Waals surface area contributed by atoms with Crippen molar-refractivity contribution in [2.75, 3.05) is 13.1 Å². The van der Waals surface area contributed by atoms with Crippen LogP contribution in [0, 0.1) is 5.92 Å². The highest BCUT2D eigenvalue weighted by molar-refractivity contribution is 5.74. The monoisotopic (exact) mass is 231 g/mol. The zero-order valence-corrected chi connectivity index (χ0v) is 10.1. The van der Waals surface area contributed by atoms with Gasteiger partial charge in [-0.25, -0.2) is 0 Å². The van der Waals surface area contributed by atoms with Crippen molar-refractivity contribution in [1.82, 2.24) is 4.90 Å². The Hall–Kier alpha value is -0.650. The number of hydrogen-bond acceptors (Lipinski definition) is 4. The summed E-state index contributed by atoms with van der Waals surface area (Å²) in [7, 11) is 0. The van der Waals surface area contributed by atoms with Crippen molar-refractivity contribution in [2.24, 2.45) is 5.92 Å². The number of likely N-dealkylation sites (tertiary alicyclic amines) is 1. The standard InChI is InChI=1S/C11H21NO4/c1-7(2)11(3,16)6-12-5-8(13)4-9(12)10(14)15/h7-9,13,16H,4-6H2,1-3H3,(H,14,15). The second kappa shape index (κ2) is 4.69. The smallest absolute Gasteiger partial charge is 0.321 e. The van der Waals surface area contributed by atoms with Crippen LogP contribution in [0.4, 0.5) is 0 Å². The van der Waals surface area contributed by atoms with E-state index in [-0.39, 0.29) is 18.9 Å². The third kappa shape index (κ3) is 2.93. The molecule has 5 nitrogen and oxygen atoms in total. The van der Waals surface area contributed by atoms with Gasteiger partial charge in [-0.15, -0.1) is 0 Å². The van der Waals surface area contributed by atoms with Gasteiger partial charge in [0.15, 0.2) is 0 Å². The molecule has 0 amide bonds. The van der Waals surface area contributed by atoms with Gasteiger partial charge in [0.2, 0.25) is 0 Å². The van der Waals surface area contributed by atoms with Crippen molar-refractivity contribution in [2.45, 2.75) is 44.9 Å². The molecule has 0 radical (unpaired) electrons. The molecule has 1 heterocycles. The van der Waals surface area contributed by atoms with Crippen molar-refractivity contribution in [1.29, 1.82) is 0 Å². The minimum atomic E-state index is -0.934. The summed E-state index contributed by atoms with van der Waals surface area (Å²) in [6.07, 6.45) is -0.368. The molecule has 1 fully saturated rings. The SMILES string of the molecule is CC(C)C(C)(O)CN1CC(O)CC1C(=O)O. The number of nitrogens with zero attached hydrogens (tertiary/aromatic N) is 1. The van der Waals surface area contributed by atoms with Crippen molar-refractivity contribution >= 4 is 5.97 Å². The van der Waals surface area contributed by atoms with Crippen LogP contribution in [-0.4, -0.2) is 57.0 Å². The highest BCUT2D eigenvalue weighted by atomic mass is 16.4.